The molecule has 0 spiro atoms. The minimum absolute atomic E-state index is 0.0970. The number of benzene rings is 1. The second-order valence-corrected chi connectivity index (χ2v) is 6.85. The molecule has 6 nitrogen and oxygen atoms in total. The van der Waals surface area contributed by atoms with E-state index >= 15 is 0 Å². The SMILES string of the molecule is CC1CCN(Cc2cc(=O)oc3cc(O)ccc23)CC1n1ccnc1. The Labute approximate surface area is 145 Å². The molecule has 1 aromatic carbocycles. The van der Waals surface area contributed by atoms with Gasteiger partial charge in [-0.3, -0.25) is 4.90 Å². The van der Waals surface area contributed by atoms with Crippen LogP contribution in [-0.2, 0) is 6.54 Å². The number of hydrogen-bond donors (Lipinski definition) is 1. The summed E-state index contributed by atoms with van der Waals surface area (Å²) in [5, 5.41) is 10.5. The molecule has 0 radical (unpaired) electrons. The molecule has 1 saturated heterocycles. The molecule has 2 atom stereocenters. The van der Waals surface area contributed by atoms with Crippen molar-refractivity contribution in [2.45, 2.75) is 25.9 Å². The van der Waals surface area contributed by atoms with Gasteiger partial charge in [0.1, 0.15) is 11.3 Å². The number of aromatic nitrogens is 2. The third kappa shape index (κ3) is 3.17. The zero-order valence-electron chi connectivity index (χ0n) is 14.1. The number of imidazole rings is 1. The third-order valence-corrected chi connectivity index (χ3v) is 5.12. The van der Waals surface area contributed by atoms with E-state index in [9.17, 15) is 9.90 Å². The van der Waals surface area contributed by atoms with Crippen molar-refractivity contribution in [1.29, 1.82) is 0 Å². The molecule has 130 valence electrons. The molecule has 2 unspecified atom stereocenters. The maximum absolute atomic E-state index is 11.9. The van der Waals surface area contributed by atoms with Crippen LogP contribution in [0.15, 0.2) is 52.2 Å². The van der Waals surface area contributed by atoms with Crippen molar-refractivity contribution in [3.63, 3.8) is 0 Å². The Balaban J connectivity index is 1.62. The molecule has 25 heavy (non-hydrogen) atoms. The van der Waals surface area contributed by atoms with E-state index in [1.54, 1.807) is 12.1 Å². The van der Waals surface area contributed by atoms with Crippen LogP contribution in [0.5, 0.6) is 5.75 Å². The summed E-state index contributed by atoms with van der Waals surface area (Å²) in [6, 6.07) is 6.87. The normalized spacial score (nSPS) is 21.6. The van der Waals surface area contributed by atoms with Crippen LogP contribution in [0.4, 0.5) is 0 Å². The van der Waals surface area contributed by atoms with Crippen LogP contribution in [0, 0.1) is 5.92 Å². The van der Waals surface area contributed by atoms with Crippen molar-refractivity contribution in [1.82, 2.24) is 14.5 Å². The van der Waals surface area contributed by atoms with Gasteiger partial charge in [0, 0.05) is 49.0 Å². The monoisotopic (exact) mass is 339 g/mol. The number of phenolic OH excluding ortho intramolecular Hbond substituents is 1. The molecule has 0 bridgehead atoms. The van der Waals surface area contributed by atoms with E-state index in [1.807, 2.05) is 24.8 Å². The van der Waals surface area contributed by atoms with Gasteiger partial charge in [0.25, 0.3) is 0 Å². The Hall–Kier alpha value is -2.60. The first-order valence-electron chi connectivity index (χ1n) is 8.56. The van der Waals surface area contributed by atoms with Crippen LogP contribution in [-0.4, -0.2) is 32.6 Å². The number of aromatic hydroxyl groups is 1. The van der Waals surface area contributed by atoms with Crippen molar-refractivity contribution < 1.29 is 9.52 Å². The van der Waals surface area contributed by atoms with E-state index in [1.165, 1.54) is 6.07 Å². The first-order chi connectivity index (χ1) is 12.1. The molecule has 0 saturated carbocycles. The summed E-state index contributed by atoms with van der Waals surface area (Å²) < 4.78 is 7.40. The van der Waals surface area contributed by atoms with Crippen LogP contribution in [0.25, 0.3) is 11.0 Å². The highest BCUT2D eigenvalue weighted by Gasteiger charge is 2.27. The van der Waals surface area contributed by atoms with Gasteiger partial charge >= 0.3 is 5.63 Å². The maximum Gasteiger partial charge on any atom is 0.336 e. The first-order valence-corrected chi connectivity index (χ1v) is 8.56. The van der Waals surface area contributed by atoms with Gasteiger partial charge in [0.2, 0.25) is 0 Å². The van der Waals surface area contributed by atoms with Gasteiger partial charge in [0.15, 0.2) is 0 Å². The zero-order chi connectivity index (χ0) is 17.4. The smallest absolute Gasteiger partial charge is 0.336 e. The lowest BCUT2D eigenvalue weighted by Crippen LogP contribution is -2.40. The number of phenols is 1. The van der Waals surface area contributed by atoms with Gasteiger partial charge in [-0.25, -0.2) is 9.78 Å². The number of nitrogens with zero attached hydrogens (tertiary/aromatic N) is 3. The third-order valence-electron chi connectivity index (χ3n) is 5.12. The Bertz CT molecular complexity index is 933. The Morgan fingerprint density at radius 1 is 1.36 bits per heavy atom. The van der Waals surface area contributed by atoms with Crippen molar-refractivity contribution in [2.75, 3.05) is 13.1 Å². The van der Waals surface area contributed by atoms with Crippen molar-refractivity contribution in [3.05, 3.63) is 59.0 Å². The Morgan fingerprint density at radius 2 is 2.24 bits per heavy atom. The second-order valence-electron chi connectivity index (χ2n) is 6.85. The molecule has 3 heterocycles. The summed E-state index contributed by atoms with van der Waals surface area (Å²) in [5.74, 6) is 0.680. The summed E-state index contributed by atoms with van der Waals surface area (Å²) in [4.78, 5) is 18.4. The average molecular weight is 339 g/mol. The van der Waals surface area contributed by atoms with Gasteiger partial charge in [-0.1, -0.05) is 6.92 Å². The van der Waals surface area contributed by atoms with E-state index in [0.29, 0.717) is 24.1 Å². The first kappa shape index (κ1) is 15.9. The predicted molar refractivity (Wildman–Crippen MR) is 94.5 cm³/mol. The van der Waals surface area contributed by atoms with Gasteiger partial charge < -0.3 is 14.1 Å². The lowest BCUT2D eigenvalue weighted by Gasteiger charge is -2.37. The van der Waals surface area contributed by atoms with Crippen molar-refractivity contribution >= 4 is 11.0 Å². The molecule has 0 amide bonds. The molecule has 6 heteroatoms. The molecule has 2 aromatic heterocycles. The van der Waals surface area contributed by atoms with E-state index < -0.39 is 0 Å². The minimum atomic E-state index is -0.385. The van der Waals surface area contributed by atoms with Crippen LogP contribution in [0.2, 0.25) is 0 Å². The number of fused-ring (bicyclic) bond motifs is 1. The Kier molecular flexibility index (Phi) is 4.05. The molecule has 4 rings (SSSR count). The number of piperidine rings is 1. The maximum atomic E-state index is 11.9. The minimum Gasteiger partial charge on any atom is -0.508 e. The molecule has 3 aromatic rings. The fraction of sp³-hybridized carbons (Fsp3) is 0.368. The van der Waals surface area contributed by atoms with Gasteiger partial charge in [-0.05, 0) is 36.6 Å². The predicted octanol–water partition coefficient (Wildman–Crippen LogP) is 2.78. The highest BCUT2D eigenvalue weighted by Crippen LogP contribution is 2.29. The van der Waals surface area contributed by atoms with E-state index in [2.05, 4.69) is 21.4 Å². The molecule has 1 fully saturated rings. The largest absolute Gasteiger partial charge is 0.508 e. The number of rotatable bonds is 3. The number of hydrogen-bond acceptors (Lipinski definition) is 5. The lowest BCUT2D eigenvalue weighted by molar-refractivity contribution is 0.126. The zero-order valence-corrected chi connectivity index (χ0v) is 14.1. The lowest BCUT2D eigenvalue weighted by atomic mass is 9.93. The van der Waals surface area contributed by atoms with E-state index in [4.69, 9.17) is 4.42 Å². The van der Waals surface area contributed by atoms with Crippen LogP contribution < -0.4 is 5.63 Å². The molecule has 1 aliphatic heterocycles. The summed E-state index contributed by atoms with van der Waals surface area (Å²) in [6.07, 6.45) is 6.80. The highest BCUT2D eigenvalue weighted by atomic mass is 16.4. The fourth-order valence-electron chi connectivity index (χ4n) is 3.70. The fourth-order valence-corrected chi connectivity index (χ4v) is 3.70. The molecule has 1 N–H and O–H groups in total. The van der Waals surface area contributed by atoms with Crippen LogP contribution in [0.1, 0.15) is 24.9 Å². The van der Waals surface area contributed by atoms with Gasteiger partial charge in [0.05, 0.1) is 6.33 Å². The standard InChI is InChI=1S/C19H21N3O3/c1-13-4-6-21(11-17(13)22-7-5-20-12-22)10-14-8-19(24)25-18-9-15(23)2-3-16(14)18/h2-3,5,7-9,12-13,17,23H,4,6,10-11H2,1H3. The van der Waals surface area contributed by atoms with Crippen LogP contribution in [0.3, 0.4) is 0 Å². The van der Waals surface area contributed by atoms with Crippen LogP contribution >= 0.6 is 0 Å². The molecule has 0 aliphatic carbocycles. The Morgan fingerprint density at radius 3 is 3.04 bits per heavy atom. The quantitative estimate of drug-likeness (QED) is 0.743. The van der Waals surface area contributed by atoms with Gasteiger partial charge in [-0.15, -0.1) is 0 Å². The molecular formula is C19H21N3O3. The summed E-state index contributed by atoms with van der Waals surface area (Å²) in [6.45, 7) is 4.87. The highest BCUT2D eigenvalue weighted by molar-refractivity contribution is 5.81. The van der Waals surface area contributed by atoms with Gasteiger partial charge in [-0.2, -0.15) is 0 Å². The summed E-state index contributed by atoms with van der Waals surface area (Å²) >= 11 is 0. The van der Waals surface area contributed by atoms with Crippen molar-refractivity contribution in [2.24, 2.45) is 5.92 Å². The van der Waals surface area contributed by atoms with Crippen molar-refractivity contribution in [3.8, 4) is 5.75 Å². The van der Waals surface area contributed by atoms with E-state index in [0.717, 1.165) is 30.5 Å². The molecule has 1 aliphatic rings. The van der Waals surface area contributed by atoms with E-state index in [-0.39, 0.29) is 11.4 Å². The number of likely N-dealkylation sites (tertiary alicyclic amines) is 1. The summed E-state index contributed by atoms with van der Waals surface area (Å²) in [5.41, 5.74) is 0.980. The summed E-state index contributed by atoms with van der Waals surface area (Å²) in [7, 11) is 0. The second kappa shape index (κ2) is 6.37. The average Bonchev–Trinajstić information content (AvgIpc) is 3.10. The topological polar surface area (TPSA) is 71.5 Å². The molecular weight excluding hydrogens is 318 g/mol.